The normalized spacial score (nSPS) is 24.4. The SMILES string of the molecule is CC(C)(C)OC(=O)N1CC(CN2C(=O)COC3=C2CC(Cl)C(Br)=C3F)C1. The van der Waals surface area contributed by atoms with Gasteiger partial charge in [0.2, 0.25) is 0 Å². The molecule has 6 nitrogen and oxygen atoms in total. The number of carbonyl (C=O) groups excluding carboxylic acids is 2. The summed E-state index contributed by atoms with van der Waals surface area (Å²) in [7, 11) is 0. The summed E-state index contributed by atoms with van der Waals surface area (Å²) in [5, 5.41) is -0.578. The molecule has 1 aliphatic carbocycles. The van der Waals surface area contributed by atoms with Gasteiger partial charge in [-0.3, -0.25) is 4.79 Å². The van der Waals surface area contributed by atoms with Crippen molar-refractivity contribution in [3.8, 4) is 0 Å². The van der Waals surface area contributed by atoms with Crippen molar-refractivity contribution >= 4 is 39.5 Å². The number of hydrogen-bond acceptors (Lipinski definition) is 4. The van der Waals surface area contributed by atoms with Crippen LogP contribution in [0.5, 0.6) is 0 Å². The van der Waals surface area contributed by atoms with Gasteiger partial charge in [-0.05, 0) is 20.8 Å². The Hall–Kier alpha value is -1.28. The average molecular weight is 452 g/mol. The fourth-order valence-electron chi connectivity index (χ4n) is 3.10. The molecule has 3 rings (SSSR count). The molecule has 0 aromatic carbocycles. The van der Waals surface area contributed by atoms with Gasteiger partial charge in [0, 0.05) is 32.0 Å². The summed E-state index contributed by atoms with van der Waals surface area (Å²) >= 11 is 9.30. The van der Waals surface area contributed by atoms with E-state index in [2.05, 4.69) is 15.9 Å². The average Bonchev–Trinajstić information content (AvgIpc) is 2.48. The molecule has 0 aromatic rings. The Labute approximate surface area is 165 Å². The highest BCUT2D eigenvalue weighted by Gasteiger charge is 2.41. The van der Waals surface area contributed by atoms with Crippen LogP contribution in [-0.2, 0) is 14.3 Å². The lowest BCUT2D eigenvalue weighted by Crippen LogP contribution is -2.56. The van der Waals surface area contributed by atoms with Gasteiger partial charge in [-0.15, -0.1) is 11.6 Å². The molecule has 0 spiro atoms. The van der Waals surface area contributed by atoms with Crippen LogP contribution in [0.3, 0.4) is 0 Å². The molecule has 1 saturated heterocycles. The van der Waals surface area contributed by atoms with Crippen molar-refractivity contribution in [1.29, 1.82) is 0 Å². The van der Waals surface area contributed by atoms with Crippen LogP contribution in [-0.4, -0.2) is 59.0 Å². The van der Waals surface area contributed by atoms with Crippen LogP contribution < -0.4 is 0 Å². The third-order valence-electron chi connectivity index (χ3n) is 4.34. The monoisotopic (exact) mass is 450 g/mol. The Balaban J connectivity index is 1.65. The zero-order valence-electron chi connectivity index (χ0n) is 14.9. The van der Waals surface area contributed by atoms with E-state index in [1.807, 2.05) is 20.8 Å². The lowest BCUT2D eigenvalue weighted by atomic mass is 9.97. The third kappa shape index (κ3) is 3.86. The molecule has 0 saturated carbocycles. The molecule has 1 fully saturated rings. The number of amides is 2. The van der Waals surface area contributed by atoms with Gasteiger partial charge in [-0.2, -0.15) is 0 Å². The van der Waals surface area contributed by atoms with E-state index < -0.39 is 16.8 Å². The number of halogens is 3. The maximum atomic E-state index is 14.4. The van der Waals surface area contributed by atoms with Gasteiger partial charge < -0.3 is 19.3 Å². The van der Waals surface area contributed by atoms with Crippen LogP contribution in [0.25, 0.3) is 0 Å². The summed E-state index contributed by atoms with van der Waals surface area (Å²) in [4.78, 5) is 27.4. The van der Waals surface area contributed by atoms with Crippen molar-refractivity contribution in [3.63, 3.8) is 0 Å². The summed E-state index contributed by atoms with van der Waals surface area (Å²) in [6, 6.07) is 0. The Kier molecular flexibility index (Phi) is 5.27. The lowest BCUT2D eigenvalue weighted by molar-refractivity contribution is -0.137. The van der Waals surface area contributed by atoms with Gasteiger partial charge in [-0.1, -0.05) is 15.9 Å². The smallest absolute Gasteiger partial charge is 0.410 e. The summed E-state index contributed by atoms with van der Waals surface area (Å²) in [5.74, 6) is -0.608. The zero-order chi connectivity index (χ0) is 19.2. The van der Waals surface area contributed by atoms with Gasteiger partial charge in [0.15, 0.2) is 18.2 Å². The molecule has 0 aromatic heterocycles. The van der Waals surface area contributed by atoms with Crippen LogP contribution in [0.15, 0.2) is 21.8 Å². The van der Waals surface area contributed by atoms with Crippen LogP contribution in [0, 0.1) is 5.92 Å². The molecule has 3 aliphatic rings. The van der Waals surface area contributed by atoms with Crippen molar-refractivity contribution in [2.24, 2.45) is 5.92 Å². The molecule has 0 bridgehead atoms. The first-order valence-corrected chi connectivity index (χ1v) is 9.63. The van der Waals surface area contributed by atoms with Crippen LogP contribution in [0.1, 0.15) is 27.2 Å². The first kappa shape index (κ1) is 19.5. The zero-order valence-corrected chi connectivity index (χ0v) is 17.2. The van der Waals surface area contributed by atoms with Gasteiger partial charge in [0.25, 0.3) is 5.91 Å². The Morgan fingerprint density at radius 3 is 2.69 bits per heavy atom. The second-order valence-corrected chi connectivity index (χ2v) is 9.03. The van der Waals surface area contributed by atoms with Gasteiger partial charge in [-0.25, -0.2) is 9.18 Å². The molecule has 144 valence electrons. The largest absolute Gasteiger partial charge is 0.479 e. The second kappa shape index (κ2) is 7.03. The van der Waals surface area contributed by atoms with Crippen molar-refractivity contribution in [3.05, 3.63) is 21.8 Å². The maximum absolute atomic E-state index is 14.4. The van der Waals surface area contributed by atoms with Crippen LogP contribution in [0.2, 0.25) is 0 Å². The number of carbonyl (C=O) groups is 2. The van der Waals surface area contributed by atoms with E-state index >= 15 is 0 Å². The Bertz CT molecular complexity index is 697. The van der Waals surface area contributed by atoms with Gasteiger partial charge in [0.1, 0.15) is 5.60 Å². The first-order chi connectivity index (χ1) is 12.1. The number of rotatable bonds is 2. The summed E-state index contributed by atoms with van der Waals surface area (Å²) in [6.07, 6.45) is -0.0579. The molecule has 2 aliphatic heterocycles. The molecule has 0 radical (unpaired) electrons. The summed E-state index contributed by atoms with van der Waals surface area (Å²) in [6.45, 7) is 6.62. The highest BCUT2D eigenvalue weighted by atomic mass is 79.9. The number of alkyl halides is 1. The quantitative estimate of drug-likeness (QED) is 0.603. The van der Waals surface area contributed by atoms with Gasteiger partial charge >= 0.3 is 6.09 Å². The van der Waals surface area contributed by atoms with Crippen molar-refractivity contribution < 1.29 is 23.5 Å². The van der Waals surface area contributed by atoms with Crippen LogP contribution >= 0.6 is 27.5 Å². The van der Waals surface area contributed by atoms with Crippen molar-refractivity contribution in [2.75, 3.05) is 26.2 Å². The lowest BCUT2D eigenvalue weighted by Gasteiger charge is -2.43. The van der Waals surface area contributed by atoms with Crippen molar-refractivity contribution in [1.82, 2.24) is 9.80 Å². The summed E-state index contributed by atoms with van der Waals surface area (Å²) < 4.78 is 25.2. The first-order valence-electron chi connectivity index (χ1n) is 8.40. The van der Waals surface area contributed by atoms with E-state index in [-0.39, 0.29) is 34.8 Å². The molecular weight excluding hydrogens is 431 g/mol. The molecular formula is C17H21BrClFN2O4. The van der Waals surface area contributed by atoms with E-state index in [0.717, 1.165) is 0 Å². The standard InChI is InChI=1S/C17H21BrClFN2O4/c1-17(2,3)26-16(24)21-5-9(6-21)7-22-11-4-10(19)13(18)14(20)15(11)25-8-12(22)23/h9-10H,4-8H2,1-3H3. The molecule has 26 heavy (non-hydrogen) atoms. The minimum absolute atomic E-state index is 0.0803. The number of likely N-dealkylation sites (tertiary alicyclic amines) is 1. The minimum atomic E-state index is -0.578. The Morgan fingerprint density at radius 2 is 2.08 bits per heavy atom. The van der Waals surface area contributed by atoms with Crippen LogP contribution in [0.4, 0.5) is 9.18 Å². The maximum Gasteiger partial charge on any atom is 0.410 e. The molecule has 1 atom stereocenters. The Morgan fingerprint density at radius 1 is 1.42 bits per heavy atom. The van der Waals surface area contributed by atoms with E-state index in [9.17, 15) is 14.0 Å². The predicted molar refractivity (Wildman–Crippen MR) is 97.3 cm³/mol. The number of hydrogen-bond donors (Lipinski definition) is 0. The van der Waals surface area contributed by atoms with E-state index in [0.29, 0.717) is 31.8 Å². The fraction of sp³-hybridized carbons (Fsp3) is 0.647. The highest BCUT2D eigenvalue weighted by Crippen LogP contribution is 2.41. The molecule has 9 heteroatoms. The number of ether oxygens (including phenoxy) is 2. The predicted octanol–water partition coefficient (Wildman–Crippen LogP) is 3.51. The highest BCUT2D eigenvalue weighted by molar-refractivity contribution is 9.11. The molecule has 2 heterocycles. The molecule has 0 N–H and O–H groups in total. The fourth-order valence-corrected chi connectivity index (χ4v) is 3.68. The molecule has 2 amide bonds. The summed E-state index contributed by atoms with van der Waals surface area (Å²) in [5.41, 5.74) is -0.0748. The number of nitrogens with zero attached hydrogens (tertiary/aromatic N) is 2. The van der Waals surface area contributed by atoms with Gasteiger partial charge in [0.05, 0.1) is 15.6 Å². The number of allylic oxidation sites excluding steroid dienone is 3. The topological polar surface area (TPSA) is 59.1 Å². The minimum Gasteiger partial charge on any atom is -0.479 e. The second-order valence-electron chi connectivity index (χ2n) is 7.65. The van der Waals surface area contributed by atoms with Crippen molar-refractivity contribution in [2.45, 2.75) is 38.2 Å². The van der Waals surface area contributed by atoms with E-state index in [4.69, 9.17) is 21.1 Å². The molecule has 1 unspecified atom stereocenters. The third-order valence-corrected chi connectivity index (χ3v) is 5.87. The van der Waals surface area contributed by atoms with E-state index in [1.54, 1.807) is 9.80 Å². The van der Waals surface area contributed by atoms with E-state index in [1.165, 1.54) is 0 Å².